The van der Waals surface area contributed by atoms with Crippen molar-refractivity contribution in [2.24, 2.45) is 0 Å². The van der Waals surface area contributed by atoms with Gasteiger partial charge in [-0.3, -0.25) is 0 Å². The molecule has 55 heavy (non-hydrogen) atoms. The Balaban J connectivity index is 1.20. The van der Waals surface area contributed by atoms with Crippen LogP contribution in [0.1, 0.15) is 66.6 Å². The monoisotopic (exact) mass is 723 g/mol. The van der Waals surface area contributed by atoms with Gasteiger partial charge in [-0.25, -0.2) is 0 Å². The van der Waals surface area contributed by atoms with Gasteiger partial charge in [0.1, 0.15) is 0 Å². The summed E-state index contributed by atoms with van der Waals surface area (Å²) in [5.41, 5.74) is 17.5. The molecular weight excluding hydrogens is 684 g/mol. The number of halogens is 3. The van der Waals surface area contributed by atoms with E-state index in [-0.39, 0.29) is 16.5 Å². The summed E-state index contributed by atoms with van der Waals surface area (Å²) in [7, 11) is 0. The zero-order valence-corrected chi connectivity index (χ0v) is 31.8. The summed E-state index contributed by atoms with van der Waals surface area (Å²) < 4.78 is 45.8. The van der Waals surface area contributed by atoms with Crippen molar-refractivity contribution < 1.29 is 13.2 Å². The Bertz CT molecular complexity index is 2940. The highest BCUT2D eigenvalue weighted by Crippen LogP contribution is 2.53. The van der Waals surface area contributed by atoms with Crippen molar-refractivity contribution in [2.45, 2.75) is 58.5 Å². The van der Waals surface area contributed by atoms with E-state index in [0.29, 0.717) is 0 Å². The third kappa shape index (κ3) is 4.73. The normalized spacial score (nSPS) is 14.9. The summed E-state index contributed by atoms with van der Waals surface area (Å²) in [5.74, 6) is 0. The lowest BCUT2D eigenvalue weighted by molar-refractivity contribution is -0.137. The molecule has 2 aliphatic carbocycles. The minimum absolute atomic E-state index is 0.0702. The highest BCUT2D eigenvalue weighted by Gasteiger charge is 2.38. The first kappa shape index (κ1) is 33.7. The van der Waals surface area contributed by atoms with Crippen LogP contribution >= 0.6 is 0 Å². The quantitative estimate of drug-likeness (QED) is 0.171. The van der Waals surface area contributed by atoms with Gasteiger partial charge >= 0.3 is 6.18 Å². The third-order valence-electron chi connectivity index (χ3n) is 12.7. The molecule has 0 amide bonds. The number of aromatic nitrogens is 1. The van der Waals surface area contributed by atoms with Gasteiger partial charge in [-0.1, -0.05) is 113 Å². The summed E-state index contributed by atoms with van der Waals surface area (Å²) >= 11 is 0. The maximum absolute atomic E-state index is 14.7. The van der Waals surface area contributed by atoms with Crippen LogP contribution in [0.25, 0.3) is 72.0 Å². The fraction of sp³-hybridized carbons (Fsp3) is 0.176. The van der Waals surface area contributed by atoms with Crippen LogP contribution in [0.5, 0.6) is 0 Å². The Morgan fingerprint density at radius 2 is 0.982 bits per heavy atom. The molecule has 1 aromatic heterocycles. The lowest BCUT2D eigenvalue weighted by Gasteiger charge is -2.22. The molecule has 2 aliphatic rings. The first-order valence-electron chi connectivity index (χ1n) is 19.0. The van der Waals surface area contributed by atoms with Crippen molar-refractivity contribution in [1.29, 1.82) is 0 Å². The first-order valence-corrected chi connectivity index (χ1v) is 19.0. The zero-order valence-electron chi connectivity index (χ0n) is 31.8. The van der Waals surface area contributed by atoms with E-state index in [0.717, 1.165) is 44.1 Å². The second kappa shape index (κ2) is 11.3. The van der Waals surface area contributed by atoms with Gasteiger partial charge in [0.25, 0.3) is 0 Å². The van der Waals surface area contributed by atoms with Crippen LogP contribution in [0.3, 0.4) is 0 Å². The van der Waals surface area contributed by atoms with Crippen molar-refractivity contribution in [3.8, 4) is 50.2 Å². The number of aryl methyl sites for hydroxylation is 2. The van der Waals surface area contributed by atoms with Gasteiger partial charge in [-0.15, -0.1) is 0 Å². The Kier molecular flexibility index (Phi) is 6.94. The summed E-state index contributed by atoms with van der Waals surface area (Å²) in [5, 5.41) is 1.85. The van der Waals surface area contributed by atoms with E-state index in [1.807, 2.05) is 10.6 Å². The second-order valence-corrected chi connectivity index (χ2v) is 16.6. The number of fused-ring (bicyclic) bond motifs is 9. The molecule has 0 unspecified atom stereocenters. The van der Waals surface area contributed by atoms with Gasteiger partial charge in [0.15, 0.2) is 0 Å². The summed E-state index contributed by atoms with van der Waals surface area (Å²) in [6.07, 6.45) is -4.52. The molecule has 1 heterocycles. The van der Waals surface area contributed by atoms with Crippen LogP contribution in [0.15, 0.2) is 133 Å². The maximum atomic E-state index is 14.7. The second-order valence-electron chi connectivity index (χ2n) is 16.6. The van der Waals surface area contributed by atoms with Crippen LogP contribution < -0.4 is 0 Å². The Labute approximate surface area is 319 Å². The number of alkyl halides is 3. The van der Waals surface area contributed by atoms with Crippen molar-refractivity contribution in [3.63, 3.8) is 0 Å². The molecule has 1 nitrogen and oxygen atoms in total. The molecule has 270 valence electrons. The Morgan fingerprint density at radius 3 is 1.67 bits per heavy atom. The van der Waals surface area contributed by atoms with Gasteiger partial charge in [0.2, 0.25) is 0 Å². The van der Waals surface area contributed by atoms with Gasteiger partial charge < -0.3 is 4.57 Å². The largest absolute Gasteiger partial charge is 0.418 e. The lowest BCUT2D eigenvalue weighted by atomic mass is 9.81. The van der Waals surface area contributed by atoms with Crippen molar-refractivity contribution in [1.82, 2.24) is 4.57 Å². The first-order chi connectivity index (χ1) is 26.2. The molecule has 0 saturated carbocycles. The smallest absolute Gasteiger partial charge is 0.309 e. The number of hydrogen-bond donors (Lipinski definition) is 0. The topological polar surface area (TPSA) is 4.93 Å². The molecule has 0 aliphatic heterocycles. The fourth-order valence-corrected chi connectivity index (χ4v) is 9.80. The maximum Gasteiger partial charge on any atom is 0.418 e. The van der Waals surface area contributed by atoms with Gasteiger partial charge in [-0.2, -0.15) is 13.2 Å². The molecule has 10 rings (SSSR count). The molecule has 0 fully saturated rings. The van der Waals surface area contributed by atoms with E-state index in [9.17, 15) is 13.2 Å². The number of rotatable bonds is 3. The molecule has 0 spiro atoms. The van der Waals surface area contributed by atoms with Crippen LogP contribution in [-0.2, 0) is 17.0 Å². The fourth-order valence-electron chi connectivity index (χ4n) is 9.80. The van der Waals surface area contributed by atoms with E-state index < -0.39 is 11.7 Å². The van der Waals surface area contributed by atoms with Crippen LogP contribution in [0.2, 0.25) is 0 Å². The Morgan fingerprint density at radius 1 is 0.436 bits per heavy atom. The van der Waals surface area contributed by atoms with E-state index >= 15 is 0 Å². The summed E-state index contributed by atoms with van der Waals surface area (Å²) in [6, 6.07) is 45.1. The van der Waals surface area contributed by atoms with E-state index in [1.165, 1.54) is 67.8 Å². The molecule has 8 aromatic rings. The Hall–Kier alpha value is -5.87. The molecule has 0 radical (unpaired) electrons. The van der Waals surface area contributed by atoms with Crippen LogP contribution in [0, 0.1) is 13.8 Å². The van der Waals surface area contributed by atoms with Crippen molar-refractivity contribution in [2.75, 3.05) is 0 Å². The SMILES string of the molecule is Cc1ccc(-c2ccc3c(c2)c2cc4c(cc2n3-c2ccccc2C(F)(F)F)C(C)(C)c2ccccc2-4)cc1-c1cc2c(cc1C)C(C)(C)c1ccccc1-2. The minimum Gasteiger partial charge on any atom is -0.309 e. The molecule has 7 aromatic carbocycles. The highest BCUT2D eigenvalue weighted by atomic mass is 19.4. The van der Waals surface area contributed by atoms with Crippen molar-refractivity contribution >= 4 is 21.8 Å². The summed E-state index contributed by atoms with van der Waals surface area (Å²) in [6.45, 7) is 13.4. The van der Waals surface area contributed by atoms with Crippen LogP contribution in [0.4, 0.5) is 13.2 Å². The molecule has 0 saturated heterocycles. The lowest BCUT2D eigenvalue weighted by Crippen LogP contribution is -2.15. The third-order valence-corrected chi connectivity index (χ3v) is 12.7. The standard InChI is InChI=1S/C51H40F3N/c1-29-19-20-31(24-35(29)36-26-37-33-13-7-9-15-41(33)49(3,4)44(37)23-30(36)2)32-21-22-46-39(25-32)40-27-38-34-14-8-10-16-42(34)50(5,6)45(38)28-48(40)55(46)47-18-12-11-17-43(47)51(52,53)54/h7-28H,1-6H3. The molecule has 0 N–H and O–H groups in total. The number of nitrogens with zero attached hydrogens (tertiary/aromatic N) is 1. The predicted octanol–water partition coefficient (Wildman–Crippen LogP) is 14.4. The van der Waals surface area contributed by atoms with E-state index in [2.05, 4.69) is 145 Å². The molecular formula is C51H40F3N. The van der Waals surface area contributed by atoms with Gasteiger partial charge in [-0.05, 0) is 140 Å². The average molecular weight is 724 g/mol. The van der Waals surface area contributed by atoms with Crippen LogP contribution in [-0.4, -0.2) is 4.57 Å². The molecule has 0 bridgehead atoms. The zero-order chi connectivity index (χ0) is 38.2. The number of benzene rings is 7. The van der Waals surface area contributed by atoms with Gasteiger partial charge in [0, 0.05) is 21.6 Å². The van der Waals surface area contributed by atoms with Crippen molar-refractivity contribution in [3.05, 3.63) is 172 Å². The van der Waals surface area contributed by atoms with Gasteiger partial charge in [0.05, 0.1) is 22.3 Å². The molecule has 4 heteroatoms. The minimum atomic E-state index is -4.52. The molecule has 0 atom stereocenters. The number of para-hydroxylation sites is 1. The van der Waals surface area contributed by atoms with E-state index in [4.69, 9.17) is 0 Å². The highest BCUT2D eigenvalue weighted by molar-refractivity contribution is 6.13. The summed E-state index contributed by atoms with van der Waals surface area (Å²) in [4.78, 5) is 0. The predicted molar refractivity (Wildman–Crippen MR) is 221 cm³/mol. The van der Waals surface area contributed by atoms with E-state index in [1.54, 1.807) is 12.1 Å². The number of hydrogen-bond acceptors (Lipinski definition) is 0. The average Bonchev–Trinajstić information content (AvgIpc) is 3.69.